The number of rotatable bonds is 7. The number of hydrogen-bond donors (Lipinski definition) is 0. The Morgan fingerprint density at radius 2 is 1.82 bits per heavy atom. The van der Waals surface area contributed by atoms with Crippen LogP contribution in [-0.2, 0) is 24.1 Å². The van der Waals surface area contributed by atoms with Crippen molar-refractivity contribution >= 4 is 11.9 Å². The lowest BCUT2D eigenvalue weighted by Crippen LogP contribution is -2.31. The maximum absolute atomic E-state index is 11.7. The lowest BCUT2D eigenvalue weighted by atomic mass is 9.94. The molecule has 17 heavy (non-hydrogen) atoms. The molecule has 2 unspecified atom stereocenters. The van der Waals surface area contributed by atoms with E-state index in [1.807, 2.05) is 13.8 Å². The van der Waals surface area contributed by atoms with Crippen molar-refractivity contribution in [3.63, 3.8) is 0 Å². The first kappa shape index (κ1) is 15.9. The van der Waals surface area contributed by atoms with Crippen molar-refractivity contribution in [2.45, 2.75) is 52.6 Å². The van der Waals surface area contributed by atoms with Crippen molar-refractivity contribution in [3.05, 3.63) is 0 Å². The molecule has 0 amide bonds. The first-order valence-corrected chi connectivity index (χ1v) is 5.98. The average Bonchev–Trinajstić information content (AvgIpc) is 2.31. The predicted molar refractivity (Wildman–Crippen MR) is 62.0 cm³/mol. The number of hydrogen-bond acceptors (Lipinski definition) is 5. The zero-order valence-electron chi connectivity index (χ0n) is 11.0. The van der Waals surface area contributed by atoms with E-state index in [1.165, 1.54) is 6.92 Å². The second-order valence-corrected chi connectivity index (χ2v) is 3.91. The molecule has 5 heteroatoms. The van der Waals surface area contributed by atoms with Gasteiger partial charge in [-0.15, -0.1) is 0 Å². The van der Waals surface area contributed by atoms with Gasteiger partial charge in [-0.3, -0.25) is 0 Å². The fourth-order valence-electron chi connectivity index (χ4n) is 1.66. The molecule has 2 atom stereocenters. The van der Waals surface area contributed by atoms with Crippen LogP contribution in [-0.4, -0.2) is 25.2 Å². The third-order valence-electron chi connectivity index (χ3n) is 2.57. The van der Waals surface area contributed by atoms with Crippen LogP contribution < -0.4 is 0 Å². The normalized spacial score (nSPS) is 13.9. The van der Waals surface area contributed by atoms with Gasteiger partial charge in [-0.2, -0.15) is 0 Å². The molecule has 0 spiro atoms. The Morgan fingerprint density at radius 1 is 1.18 bits per heavy atom. The van der Waals surface area contributed by atoms with Crippen molar-refractivity contribution in [2.24, 2.45) is 5.92 Å². The summed E-state index contributed by atoms with van der Waals surface area (Å²) >= 11 is 0. The molecule has 0 aliphatic rings. The first-order chi connectivity index (χ1) is 8.06. The molecule has 0 aromatic rings. The molecular formula is C12H22O5. The van der Waals surface area contributed by atoms with Gasteiger partial charge in [-0.25, -0.2) is 19.4 Å². The van der Waals surface area contributed by atoms with Gasteiger partial charge in [-0.1, -0.05) is 26.7 Å². The summed E-state index contributed by atoms with van der Waals surface area (Å²) in [4.78, 5) is 31.0. The Bertz CT molecular complexity index is 235. The van der Waals surface area contributed by atoms with Crippen molar-refractivity contribution < 1.29 is 24.1 Å². The average molecular weight is 246 g/mol. The third-order valence-corrected chi connectivity index (χ3v) is 2.57. The largest absolute Gasteiger partial charge is 0.381 e. The Labute approximate surface area is 102 Å². The van der Waals surface area contributed by atoms with Crippen molar-refractivity contribution in [3.8, 4) is 0 Å². The molecule has 5 nitrogen and oxygen atoms in total. The van der Waals surface area contributed by atoms with Crippen LogP contribution in [0.4, 0.5) is 0 Å². The van der Waals surface area contributed by atoms with E-state index in [2.05, 4.69) is 9.78 Å². The van der Waals surface area contributed by atoms with Gasteiger partial charge in [0, 0.05) is 14.0 Å². The number of carbonyl (C=O) groups is 2. The quantitative estimate of drug-likeness (QED) is 0.509. The molecule has 0 aromatic heterocycles. The molecule has 0 fully saturated rings. The molecule has 0 heterocycles. The molecular weight excluding hydrogens is 224 g/mol. The van der Waals surface area contributed by atoms with Crippen LogP contribution in [0, 0.1) is 5.92 Å². The van der Waals surface area contributed by atoms with Crippen molar-refractivity contribution in [1.82, 2.24) is 0 Å². The van der Waals surface area contributed by atoms with E-state index in [0.29, 0.717) is 12.8 Å². The number of carbonyl (C=O) groups excluding carboxylic acids is 2. The number of unbranched alkanes of at least 4 members (excludes halogenated alkanes) is 1. The summed E-state index contributed by atoms with van der Waals surface area (Å²) in [6.07, 6.45) is 3.06. The molecule has 0 aromatic carbocycles. The molecule has 0 saturated carbocycles. The van der Waals surface area contributed by atoms with Gasteiger partial charge in [0.2, 0.25) is 0 Å². The zero-order chi connectivity index (χ0) is 13.3. The Balaban J connectivity index is 4.42. The van der Waals surface area contributed by atoms with Gasteiger partial charge in [0.15, 0.2) is 0 Å². The highest BCUT2D eigenvalue weighted by atomic mass is 17.2. The minimum absolute atomic E-state index is 0.204. The third kappa shape index (κ3) is 6.26. The van der Waals surface area contributed by atoms with Crippen LogP contribution in [0.5, 0.6) is 0 Å². The highest BCUT2D eigenvalue weighted by molar-refractivity contribution is 5.74. The highest BCUT2D eigenvalue weighted by Gasteiger charge is 2.29. The molecule has 100 valence electrons. The van der Waals surface area contributed by atoms with E-state index >= 15 is 0 Å². The van der Waals surface area contributed by atoms with E-state index in [0.717, 1.165) is 12.8 Å². The maximum Gasteiger partial charge on any atom is 0.361 e. The fourth-order valence-corrected chi connectivity index (χ4v) is 1.66. The molecule has 0 radical (unpaired) electrons. The molecule has 0 N–H and O–H groups in total. The van der Waals surface area contributed by atoms with Gasteiger partial charge >= 0.3 is 11.9 Å². The summed E-state index contributed by atoms with van der Waals surface area (Å²) in [5, 5.41) is 0. The molecule has 0 aliphatic carbocycles. The summed E-state index contributed by atoms with van der Waals surface area (Å²) in [6.45, 7) is 5.16. The zero-order valence-corrected chi connectivity index (χ0v) is 11.0. The maximum atomic E-state index is 11.7. The van der Waals surface area contributed by atoms with Crippen molar-refractivity contribution in [2.75, 3.05) is 7.11 Å². The van der Waals surface area contributed by atoms with Crippen LogP contribution in [0.1, 0.15) is 46.5 Å². The summed E-state index contributed by atoms with van der Waals surface area (Å²) in [7, 11) is 1.56. The van der Waals surface area contributed by atoms with Crippen LogP contribution in [0.15, 0.2) is 0 Å². The van der Waals surface area contributed by atoms with E-state index in [9.17, 15) is 9.59 Å². The number of ether oxygens (including phenoxy) is 1. The van der Waals surface area contributed by atoms with Gasteiger partial charge in [0.25, 0.3) is 0 Å². The van der Waals surface area contributed by atoms with E-state index in [4.69, 9.17) is 4.74 Å². The standard InChI is InChI=1S/C12H22O5/c1-5-7-8-10(11(6-2)15-4)12(14)17-16-9(3)13/h10-11H,5-8H2,1-4H3. The Hall–Kier alpha value is -1.10. The van der Waals surface area contributed by atoms with E-state index in [1.54, 1.807) is 7.11 Å². The Kier molecular flexibility index (Phi) is 8.40. The second kappa shape index (κ2) is 8.98. The van der Waals surface area contributed by atoms with E-state index in [-0.39, 0.29) is 12.0 Å². The molecule has 0 rings (SSSR count). The van der Waals surface area contributed by atoms with Crippen LogP contribution >= 0.6 is 0 Å². The molecule has 0 bridgehead atoms. The van der Waals surface area contributed by atoms with Gasteiger partial charge < -0.3 is 4.74 Å². The van der Waals surface area contributed by atoms with Crippen LogP contribution in [0.25, 0.3) is 0 Å². The number of methoxy groups -OCH3 is 1. The minimum Gasteiger partial charge on any atom is -0.381 e. The summed E-state index contributed by atoms with van der Waals surface area (Å²) in [6, 6.07) is 0. The smallest absolute Gasteiger partial charge is 0.361 e. The lowest BCUT2D eigenvalue weighted by Gasteiger charge is -2.22. The monoisotopic (exact) mass is 246 g/mol. The highest BCUT2D eigenvalue weighted by Crippen LogP contribution is 2.20. The molecule has 0 saturated heterocycles. The first-order valence-electron chi connectivity index (χ1n) is 5.98. The fraction of sp³-hybridized carbons (Fsp3) is 0.833. The SMILES string of the molecule is CCCCC(C(=O)OOC(C)=O)C(CC)OC. The minimum atomic E-state index is -0.641. The summed E-state index contributed by atoms with van der Waals surface area (Å²) < 4.78 is 5.25. The Morgan fingerprint density at radius 3 is 2.24 bits per heavy atom. The van der Waals surface area contributed by atoms with Gasteiger partial charge in [0.05, 0.1) is 12.0 Å². The van der Waals surface area contributed by atoms with Crippen LogP contribution in [0.3, 0.4) is 0 Å². The summed E-state index contributed by atoms with van der Waals surface area (Å²) in [5.74, 6) is -1.57. The topological polar surface area (TPSA) is 61.8 Å². The molecule has 0 aliphatic heterocycles. The van der Waals surface area contributed by atoms with Crippen LogP contribution in [0.2, 0.25) is 0 Å². The van der Waals surface area contributed by atoms with Gasteiger partial charge in [0.1, 0.15) is 0 Å². The van der Waals surface area contributed by atoms with Crippen molar-refractivity contribution in [1.29, 1.82) is 0 Å². The van der Waals surface area contributed by atoms with E-state index < -0.39 is 11.9 Å². The second-order valence-electron chi connectivity index (χ2n) is 3.91. The predicted octanol–water partition coefficient (Wildman–Crippen LogP) is 2.24. The summed E-state index contributed by atoms with van der Waals surface area (Å²) in [5.41, 5.74) is 0. The lowest BCUT2D eigenvalue weighted by molar-refractivity contribution is -0.263. The van der Waals surface area contributed by atoms with Gasteiger partial charge in [-0.05, 0) is 12.8 Å².